The van der Waals surface area contributed by atoms with E-state index < -0.39 is 5.82 Å². The van der Waals surface area contributed by atoms with Gasteiger partial charge in [-0.25, -0.2) is 15.2 Å². The van der Waals surface area contributed by atoms with Crippen molar-refractivity contribution >= 4 is 29.1 Å². The summed E-state index contributed by atoms with van der Waals surface area (Å²) in [6.45, 7) is 1.78. The molecule has 0 radical (unpaired) electrons. The van der Waals surface area contributed by atoms with E-state index in [4.69, 9.17) is 17.4 Å². The topological polar surface area (TPSA) is 75.9 Å². The normalized spacial score (nSPS) is 10.2. The quantitative estimate of drug-likeness (QED) is 0.589. The molecule has 1 aromatic heterocycles. The molecule has 0 bridgehead atoms. The largest absolute Gasteiger partial charge is 0.338 e. The third kappa shape index (κ3) is 2.85. The molecule has 5 nitrogen and oxygen atoms in total. The molecule has 4 N–H and O–H groups in total. The van der Waals surface area contributed by atoms with Crippen LogP contribution in [-0.4, -0.2) is 9.97 Å². The van der Waals surface area contributed by atoms with Gasteiger partial charge in [0.2, 0.25) is 5.95 Å². The van der Waals surface area contributed by atoms with Crippen LogP contribution in [0.25, 0.3) is 0 Å². The van der Waals surface area contributed by atoms with Crippen molar-refractivity contribution in [1.29, 1.82) is 0 Å². The standard InChI is InChI=1S/C11H11ClFN5/c1-6-4-10(17-11(15-6)18-14)16-9-3-2-7(12)5-8(9)13/h2-5H,14H2,1H3,(H2,15,16,17,18). The molecule has 0 aliphatic heterocycles. The number of nitrogens with one attached hydrogen (secondary N) is 2. The number of rotatable bonds is 3. The van der Waals surface area contributed by atoms with Crippen LogP contribution in [0.3, 0.4) is 0 Å². The monoisotopic (exact) mass is 267 g/mol. The van der Waals surface area contributed by atoms with E-state index in [1.54, 1.807) is 19.1 Å². The first-order valence-corrected chi connectivity index (χ1v) is 5.50. The molecule has 0 aliphatic carbocycles. The Morgan fingerprint density at radius 2 is 2.06 bits per heavy atom. The summed E-state index contributed by atoms with van der Waals surface area (Å²) in [6, 6.07) is 6.02. The first-order valence-electron chi connectivity index (χ1n) is 5.13. The lowest BCUT2D eigenvalue weighted by Crippen LogP contribution is -2.12. The Labute approximate surface area is 108 Å². The number of hydrazine groups is 1. The van der Waals surface area contributed by atoms with E-state index in [1.807, 2.05) is 0 Å². The van der Waals surface area contributed by atoms with Gasteiger partial charge in [-0.2, -0.15) is 4.98 Å². The van der Waals surface area contributed by atoms with Crippen molar-refractivity contribution < 1.29 is 4.39 Å². The SMILES string of the molecule is Cc1cc(Nc2ccc(Cl)cc2F)nc(NN)n1. The van der Waals surface area contributed by atoms with Crippen LogP contribution in [0.5, 0.6) is 0 Å². The molecule has 94 valence electrons. The molecule has 18 heavy (non-hydrogen) atoms. The molecule has 0 fully saturated rings. The minimum atomic E-state index is -0.457. The van der Waals surface area contributed by atoms with Crippen LogP contribution in [0.4, 0.5) is 21.8 Å². The summed E-state index contributed by atoms with van der Waals surface area (Å²) in [5.74, 6) is 5.48. The smallest absolute Gasteiger partial charge is 0.239 e. The lowest BCUT2D eigenvalue weighted by atomic mass is 10.3. The van der Waals surface area contributed by atoms with Gasteiger partial charge in [0.25, 0.3) is 0 Å². The molecule has 0 amide bonds. The summed E-state index contributed by atoms with van der Waals surface area (Å²) in [7, 11) is 0. The van der Waals surface area contributed by atoms with Gasteiger partial charge in [-0.3, -0.25) is 5.43 Å². The van der Waals surface area contributed by atoms with E-state index in [1.165, 1.54) is 12.1 Å². The first kappa shape index (κ1) is 12.5. The zero-order valence-electron chi connectivity index (χ0n) is 9.54. The fourth-order valence-corrected chi connectivity index (χ4v) is 1.58. The third-order valence-corrected chi connectivity index (χ3v) is 2.41. The number of nitrogen functional groups attached to an aromatic ring is 1. The Balaban J connectivity index is 2.30. The number of halogens is 2. The minimum Gasteiger partial charge on any atom is -0.338 e. The van der Waals surface area contributed by atoms with Gasteiger partial charge >= 0.3 is 0 Å². The lowest BCUT2D eigenvalue weighted by Gasteiger charge is -2.09. The molecule has 7 heteroatoms. The number of nitrogens with two attached hydrogens (primary N) is 1. The Bertz CT molecular complexity index is 575. The highest BCUT2D eigenvalue weighted by molar-refractivity contribution is 6.30. The molecule has 0 unspecified atom stereocenters. The first-order chi connectivity index (χ1) is 8.58. The Morgan fingerprint density at radius 3 is 2.72 bits per heavy atom. The number of nitrogens with zero attached hydrogens (tertiary/aromatic N) is 2. The van der Waals surface area contributed by atoms with Crippen molar-refractivity contribution in [2.75, 3.05) is 10.7 Å². The van der Waals surface area contributed by atoms with Crippen LogP contribution in [0.1, 0.15) is 5.69 Å². The molecule has 1 aromatic carbocycles. The molecular weight excluding hydrogens is 257 g/mol. The van der Waals surface area contributed by atoms with E-state index in [0.29, 0.717) is 16.5 Å². The van der Waals surface area contributed by atoms with Crippen LogP contribution in [0.2, 0.25) is 5.02 Å². The fourth-order valence-electron chi connectivity index (χ4n) is 1.43. The number of anilines is 3. The van der Waals surface area contributed by atoms with Gasteiger partial charge in [0.05, 0.1) is 5.69 Å². The van der Waals surface area contributed by atoms with Crippen LogP contribution in [0, 0.1) is 12.7 Å². The number of hydrogen-bond donors (Lipinski definition) is 3. The molecule has 0 spiro atoms. The van der Waals surface area contributed by atoms with Gasteiger partial charge in [0.15, 0.2) is 0 Å². The van der Waals surface area contributed by atoms with Crippen LogP contribution < -0.4 is 16.6 Å². The molecule has 2 rings (SSSR count). The summed E-state index contributed by atoms with van der Waals surface area (Å²) in [5.41, 5.74) is 3.32. The van der Waals surface area contributed by atoms with Gasteiger partial charge in [0, 0.05) is 16.8 Å². The number of hydrogen-bond acceptors (Lipinski definition) is 5. The van der Waals surface area contributed by atoms with Gasteiger partial charge in [0.1, 0.15) is 11.6 Å². The second kappa shape index (κ2) is 5.16. The zero-order valence-corrected chi connectivity index (χ0v) is 10.3. The highest BCUT2D eigenvalue weighted by atomic mass is 35.5. The van der Waals surface area contributed by atoms with E-state index in [0.717, 1.165) is 0 Å². The number of benzene rings is 1. The zero-order chi connectivity index (χ0) is 13.1. The van der Waals surface area contributed by atoms with E-state index >= 15 is 0 Å². The maximum Gasteiger partial charge on any atom is 0.239 e. The molecule has 1 heterocycles. The van der Waals surface area contributed by atoms with Crippen LogP contribution >= 0.6 is 11.6 Å². The van der Waals surface area contributed by atoms with Crippen molar-refractivity contribution in [3.63, 3.8) is 0 Å². The van der Waals surface area contributed by atoms with Crippen molar-refractivity contribution in [3.8, 4) is 0 Å². The molecular formula is C11H11ClFN5. The van der Waals surface area contributed by atoms with Crippen LogP contribution in [0.15, 0.2) is 24.3 Å². The predicted octanol–water partition coefficient (Wildman–Crippen LogP) is 2.61. The average molecular weight is 268 g/mol. The van der Waals surface area contributed by atoms with Gasteiger partial charge in [-0.1, -0.05) is 11.6 Å². The summed E-state index contributed by atoms with van der Waals surface area (Å²) in [5, 5.41) is 3.17. The highest BCUT2D eigenvalue weighted by Crippen LogP contribution is 2.22. The number of aryl methyl sites for hydroxylation is 1. The van der Waals surface area contributed by atoms with Crippen molar-refractivity contribution in [3.05, 3.63) is 40.8 Å². The van der Waals surface area contributed by atoms with Crippen molar-refractivity contribution in [2.24, 2.45) is 5.84 Å². The Morgan fingerprint density at radius 1 is 1.28 bits per heavy atom. The van der Waals surface area contributed by atoms with Crippen molar-refractivity contribution in [2.45, 2.75) is 6.92 Å². The molecule has 0 saturated heterocycles. The second-order valence-electron chi connectivity index (χ2n) is 3.61. The van der Waals surface area contributed by atoms with Crippen LogP contribution in [-0.2, 0) is 0 Å². The molecule has 0 saturated carbocycles. The summed E-state index contributed by atoms with van der Waals surface area (Å²) in [4.78, 5) is 8.08. The lowest BCUT2D eigenvalue weighted by molar-refractivity contribution is 0.632. The van der Waals surface area contributed by atoms with Gasteiger partial charge in [-0.05, 0) is 25.1 Å². The van der Waals surface area contributed by atoms with E-state index in [2.05, 4.69) is 20.7 Å². The van der Waals surface area contributed by atoms with E-state index in [-0.39, 0.29) is 11.6 Å². The van der Waals surface area contributed by atoms with Crippen molar-refractivity contribution in [1.82, 2.24) is 9.97 Å². The van der Waals surface area contributed by atoms with Gasteiger partial charge in [-0.15, -0.1) is 0 Å². The highest BCUT2D eigenvalue weighted by Gasteiger charge is 2.06. The van der Waals surface area contributed by atoms with E-state index in [9.17, 15) is 4.39 Å². The number of aromatic nitrogens is 2. The summed E-state index contributed by atoms with van der Waals surface area (Å²) in [6.07, 6.45) is 0. The second-order valence-corrected chi connectivity index (χ2v) is 4.05. The fraction of sp³-hybridized carbons (Fsp3) is 0.0909. The third-order valence-electron chi connectivity index (χ3n) is 2.18. The summed E-state index contributed by atoms with van der Waals surface area (Å²) < 4.78 is 13.6. The average Bonchev–Trinajstić information content (AvgIpc) is 2.32. The predicted molar refractivity (Wildman–Crippen MR) is 69.3 cm³/mol. The Kier molecular flexibility index (Phi) is 3.59. The molecule has 0 aliphatic rings. The summed E-state index contributed by atoms with van der Waals surface area (Å²) >= 11 is 5.67. The van der Waals surface area contributed by atoms with Gasteiger partial charge < -0.3 is 5.32 Å². The maximum atomic E-state index is 13.6. The molecule has 0 atom stereocenters. The minimum absolute atomic E-state index is 0.256. The Hall–Kier alpha value is -1.92. The molecule has 2 aromatic rings. The maximum absolute atomic E-state index is 13.6.